The van der Waals surface area contributed by atoms with E-state index in [-0.39, 0.29) is 6.10 Å². The first-order valence-corrected chi connectivity index (χ1v) is 7.12. The second-order valence-electron chi connectivity index (χ2n) is 4.96. The van der Waals surface area contributed by atoms with Gasteiger partial charge in [0.15, 0.2) is 0 Å². The number of ether oxygens (including phenoxy) is 1. The van der Waals surface area contributed by atoms with Crippen molar-refractivity contribution in [1.82, 2.24) is 5.32 Å². The third-order valence-electron chi connectivity index (χ3n) is 3.41. The van der Waals surface area contributed by atoms with Gasteiger partial charge >= 0.3 is 0 Å². The van der Waals surface area contributed by atoms with Gasteiger partial charge in [-0.2, -0.15) is 0 Å². The summed E-state index contributed by atoms with van der Waals surface area (Å²) in [6, 6.07) is 8.57. The molecule has 2 atom stereocenters. The molecule has 0 aliphatic rings. The lowest BCUT2D eigenvalue weighted by atomic mass is 9.99. The van der Waals surface area contributed by atoms with Crippen LogP contribution < -0.4 is 10.1 Å². The SMILES string of the molecule is CCCC(CNC)Oc1ccc(C(C)CC)cc1. The summed E-state index contributed by atoms with van der Waals surface area (Å²) in [5.74, 6) is 1.61. The van der Waals surface area contributed by atoms with Gasteiger partial charge in [0, 0.05) is 6.54 Å². The van der Waals surface area contributed by atoms with Crippen LogP contribution in [0.15, 0.2) is 24.3 Å². The number of hydrogen-bond acceptors (Lipinski definition) is 2. The summed E-state index contributed by atoms with van der Waals surface area (Å²) in [7, 11) is 1.97. The molecule has 0 aromatic heterocycles. The monoisotopic (exact) mass is 249 g/mol. The topological polar surface area (TPSA) is 21.3 Å². The Bertz CT molecular complexity index is 314. The highest BCUT2D eigenvalue weighted by atomic mass is 16.5. The second kappa shape index (κ2) is 8.15. The van der Waals surface area contributed by atoms with Gasteiger partial charge in [-0.05, 0) is 43.5 Å². The maximum absolute atomic E-state index is 6.00. The Morgan fingerprint density at radius 1 is 1.17 bits per heavy atom. The average molecular weight is 249 g/mol. The molecule has 0 fully saturated rings. The normalized spacial score (nSPS) is 14.2. The second-order valence-corrected chi connectivity index (χ2v) is 4.96. The van der Waals surface area contributed by atoms with E-state index in [2.05, 4.69) is 50.4 Å². The Balaban J connectivity index is 2.60. The maximum Gasteiger partial charge on any atom is 0.119 e. The zero-order valence-electron chi connectivity index (χ0n) is 12.2. The Morgan fingerprint density at radius 2 is 1.83 bits per heavy atom. The molecule has 0 saturated heterocycles. The van der Waals surface area contributed by atoms with E-state index in [9.17, 15) is 0 Å². The van der Waals surface area contributed by atoms with Crippen molar-refractivity contribution in [3.05, 3.63) is 29.8 Å². The molecule has 102 valence electrons. The van der Waals surface area contributed by atoms with Gasteiger partial charge in [-0.1, -0.05) is 39.3 Å². The standard InChI is InChI=1S/C16H27NO/c1-5-7-16(12-17-4)18-15-10-8-14(9-11-15)13(3)6-2/h8-11,13,16-17H,5-7,12H2,1-4H3. The van der Waals surface area contributed by atoms with Crippen LogP contribution in [0.4, 0.5) is 0 Å². The van der Waals surface area contributed by atoms with E-state index in [0.29, 0.717) is 5.92 Å². The molecule has 0 aliphatic heterocycles. The van der Waals surface area contributed by atoms with Crippen LogP contribution in [0.25, 0.3) is 0 Å². The lowest BCUT2D eigenvalue weighted by Gasteiger charge is -2.19. The van der Waals surface area contributed by atoms with Crippen LogP contribution >= 0.6 is 0 Å². The van der Waals surface area contributed by atoms with E-state index >= 15 is 0 Å². The minimum atomic E-state index is 0.273. The van der Waals surface area contributed by atoms with Gasteiger partial charge in [0.25, 0.3) is 0 Å². The summed E-state index contributed by atoms with van der Waals surface area (Å²) in [6.45, 7) is 7.58. The fraction of sp³-hybridized carbons (Fsp3) is 0.625. The number of nitrogens with one attached hydrogen (secondary N) is 1. The molecule has 2 unspecified atom stereocenters. The third kappa shape index (κ3) is 4.69. The van der Waals surface area contributed by atoms with Crippen molar-refractivity contribution >= 4 is 0 Å². The van der Waals surface area contributed by atoms with E-state index in [4.69, 9.17) is 4.74 Å². The Kier molecular flexibility index (Phi) is 6.81. The van der Waals surface area contributed by atoms with E-state index in [0.717, 1.165) is 25.1 Å². The molecule has 0 aliphatic carbocycles. The smallest absolute Gasteiger partial charge is 0.119 e. The fourth-order valence-electron chi connectivity index (χ4n) is 2.06. The van der Waals surface area contributed by atoms with Crippen LogP contribution in [0.3, 0.4) is 0 Å². The fourth-order valence-corrected chi connectivity index (χ4v) is 2.06. The molecule has 0 radical (unpaired) electrons. The van der Waals surface area contributed by atoms with Crippen LogP contribution in [0.1, 0.15) is 51.5 Å². The summed E-state index contributed by atoms with van der Waals surface area (Å²) >= 11 is 0. The molecule has 1 rings (SSSR count). The molecule has 2 nitrogen and oxygen atoms in total. The van der Waals surface area contributed by atoms with Crippen molar-refractivity contribution in [3.63, 3.8) is 0 Å². The van der Waals surface area contributed by atoms with Gasteiger partial charge in [-0.3, -0.25) is 0 Å². The predicted molar refractivity (Wildman–Crippen MR) is 78.4 cm³/mol. The molecule has 0 heterocycles. The van der Waals surface area contributed by atoms with Gasteiger partial charge in [-0.25, -0.2) is 0 Å². The van der Waals surface area contributed by atoms with Crippen molar-refractivity contribution in [2.45, 2.75) is 52.1 Å². The lowest BCUT2D eigenvalue weighted by molar-refractivity contribution is 0.189. The minimum absolute atomic E-state index is 0.273. The maximum atomic E-state index is 6.00. The van der Waals surface area contributed by atoms with Gasteiger partial charge < -0.3 is 10.1 Å². The lowest BCUT2D eigenvalue weighted by Crippen LogP contribution is -2.29. The molecule has 18 heavy (non-hydrogen) atoms. The molecule has 1 aromatic rings. The number of benzene rings is 1. The number of likely N-dealkylation sites (N-methyl/N-ethyl adjacent to an activating group) is 1. The molecular formula is C16H27NO. The van der Waals surface area contributed by atoms with Gasteiger partial charge in [-0.15, -0.1) is 0 Å². The first kappa shape index (κ1) is 15.0. The third-order valence-corrected chi connectivity index (χ3v) is 3.41. The highest BCUT2D eigenvalue weighted by Gasteiger charge is 2.09. The van der Waals surface area contributed by atoms with Crippen LogP contribution in [-0.4, -0.2) is 19.7 Å². The first-order chi connectivity index (χ1) is 8.71. The average Bonchev–Trinajstić information content (AvgIpc) is 2.39. The molecule has 0 bridgehead atoms. The van der Waals surface area contributed by atoms with E-state index in [1.807, 2.05) is 7.05 Å². The zero-order chi connectivity index (χ0) is 13.4. The van der Waals surface area contributed by atoms with Crippen molar-refractivity contribution < 1.29 is 4.74 Å². The van der Waals surface area contributed by atoms with E-state index in [1.54, 1.807) is 0 Å². The molecule has 0 amide bonds. The van der Waals surface area contributed by atoms with Gasteiger partial charge in [0.05, 0.1) is 0 Å². The highest BCUT2D eigenvalue weighted by Crippen LogP contribution is 2.22. The zero-order valence-corrected chi connectivity index (χ0v) is 12.2. The molecule has 1 N–H and O–H groups in total. The quantitative estimate of drug-likeness (QED) is 0.753. The molecular weight excluding hydrogens is 222 g/mol. The summed E-state index contributed by atoms with van der Waals surface area (Å²) in [4.78, 5) is 0. The van der Waals surface area contributed by atoms with Crippen LogP contribution in [-0.2, 0) is 0 Å². The van der Waals surface area contributed by atoms with Crippen LogP contribution in [0.5, 0.6) is 5.75 Å². The molecule has 0 saturated carbocycles. The van der Waals surface area contributed by atoms with Gasteiger partial charge in [0.1, 0.15) is 11.9 Å². The van der Waals surface area contributed by atoms with E-state index in [1.165, 1.54) is 12.0 Å². The summed E-state index contributed by atoms with van der Waals surface area (Å²) in [5, 5.41) is 3.19. The summed E-state index contributed by atoms with van der Waals surface area (Å²) in [5.41, 5.74) is 1.39. The predicted octanol–water partition coefficient (Wildman–Crippen LogP) is 3.97. The Hall–Kier alpha value is -1.02. The minimum Gasteiger partial charge on any atom is -0.489 e. The highest BCUT2D eigenvalue weighted by molar-refractivity contribution is 5.29. The Morgan fingerprint density at radius 3 is 2.33 bits per heavy atom. The molecule has 2 heteroatoms. The summed E-state index contributed by atoms with van der Waals surface area (Å²) in [6.07, 6.45) is 3.69. The molecule has 1 aromatic carbocycles. The Labute approximate surface area is 112 Å². The van der Waals surface area contributed by atoms with Crippen molar-refractivity contribution in [3.8, 4) is 5.75 Å². The van der Waals surface area contributed by atoms with E-state index < -0.39 is 0 Å². The molecule has 0 spiro atoms. The first-order valence-electron chi connectivity index (χ1n) is 7.12. The van der Waals surface area contributed by atoms with Crippen LogP contribution in [0, 0.1) is 0 Å². The number of hydrogen-bond donors (Lipinski definition) is 1. The van der Waals surface area contributed by atoms with Crippen molar-refractivity contribution in [2.75, 3.05) is 13.6 Å². The number of rotatable bonds is 8. The summed E-state index contributed by atoms with van der Waals surface area (Å²) < 4.78 is 6.00. The van der Waals surface area contributed by atoms with Crippen molar-refractivity contribution in [2.24, 2.45) is 0 Å². The van der Waals surface area contributed by atoms with Gasteiger partial charge in [0.2, 0.25) is 0 Å². The largest absolute Gasteiger partial charge is 0.489 e. The van der Waals surface area contributed by atoms with Crippen LogP contribution in [0.2, 0.25) is 0 Å². The van der Waals surface area contributed by atoms with Crippen molar-refractivity contribution in [1.29, 1.82) is 0 Å².